The predicted octanol–water partition coefficient (Wildman–Crippen LogP) is 1.74. The van der Waals surface area contributed by atoms with E-state index < -0.39 is 0 Å². The maximum absolute atomic E-state index is 12.2. The lowest BCUT2D eigenvalue weighted by molar-refractivity contribution is 0.0621. The van der Waals surface area contributed by atoms with Gasteiger partial charge < -0.3 is 5.73 Å². The number of hydrogen-bond acceptors (Lipinski definition) is 3. The summed E-state index contributed by atoms with van der Waals surface area (Å²) in [5, 5.41) is 0. The van der Waals surface area contributed by atoms with Crippen molar-refractivity contribution in [3.05, 3.63) is 35.4 Å². The average molecular weight is 274 g/mol. The highest BCUT2D eigenvalue weighted by Crippen LogP contribution is 2.50. The maximum Gasteiger partial charge on any atom is 0.261 e. The Morgan fingerprint density at radius 2 is 1.74 bits per heavy atom. The average Bonchev–Trinajstić information content (AvgIpc) is 3.08. The summed E-state index contributed by atoms with van der Waals surface area (Å²) in [5.41, 5.74) is 6.52. The topological polar surface area (TPSA) is 63.4 Å². The first-order chi connectivity index (χ1) is 9.02. The Labute approximate surface area is 116 Å². The molecule has 1 heterocycles. The van der Waals surface area contributed by atoms with E-state index in [1.807, 2.05) is 0 Å². The van der Waals surface area contributed by atoms with Gasteiger partial charge in [-0.1, -0.05) is 24.4 Å². The Kier molecular flexibility index (Phi) is 2.67. The molecule has 3 rings (SSSR count). The molecule has 2 N–H and O–H groups in total. The molecule has 19 heavy (non-hydrogen) atoms. The van der Waals surface area contributed by atoms with Gasteiger partial charge in [0.2, 0.25) is 0 Å². The van der Waals surface area contributed by atoms with Crippen molar-refractivity contribution in [2.45, 2.75) is 19.3 Å². The monoisotopic (exact) mass is 274 g/mol. The normalized spacial score (nSPS) is 19.5. The molecule has 0 unspecified atom stereocenters. The summed E-state index contributed by atoms with van der Waals surface area (Å²) in [4.78, 5) is 26.3. The second-order valence-corrected chi connectivity index (χ2v) is 5.91. The molecule has 1 aliphatic heterocycles. The Morgan fingerprint density at radius 1 is 1.21 bits per heavy atom. The number of fused-ring (bicyclic) bond motifs is 1. The van der Waals surface area contributed by atoms with Gasteiger partial charge in [-0.3, -0.25) is 14.5 Å². The van der Waals surface area contributed by atoms with Crippen molar-refractivity contribution >= 4 is 29.0 Å². The van der Waals surface area contributed by atoms with Gasteiger partial charge in [-0.15, -0.1) is 0 Å². The molecule has 1 saturated carbocycles. The van der Waals surface area contributed by atoms with Crippen molar-refractivity contribution in [3.63, 3.8) is 0 Å². The fourth-order valence-corrected chi connectivity index (χ4v) is 2.96. The van der Waals surface area contributed by atoms with Crippen molar-refractivity contribution in [1.82, 2.24) is 4.90 Å². The zero-order valence-corrected chi connectivity index (χ0v) is 11.2. The van der Waals surface area contributed by atoms with Crippen LogP contribution in [-0.4, -0.2) is 28.2 Å². The molecule has 1 fully saturated rings. The van der Waals surface area contributed by atoms with Gasteiger partial charge in [0.25, 0.3) is 11.8 Å². The van der Waals surface area contributed by atoms with E-state index in [4.69, 9.17) is 18.0 Å². The number of amides is 2. The SMILES string of the molecule is NC(=S)CC1(CN2C(=O)c3ccccc3C2=O)CC1. The van der Waals surface area contributed by atoms with Crippen LogP contribution in [0, 0.1) is 5.41 Å². The van der Waals surface area contributed by atoms with Gasteiger partial charge in [0.05, 0.1) is 16.1 Å². The molecule has 0 spiro atoms. The van der Waals surface area contributed by atoms with E-state index in [-0.39, 0.29) is 17.2 Å². The van der Waals surface area contributed by atoms with E-state index >= 15 is 0 Å². The third-order valence-corrected chi connectivity index (χ3v) is 4.02. The van der Waals surface area contributed by atoms with E-state index in [0.717, 1.165) is 12.8 Å². The van der Waals surface area contributed by atoms with Crippen LogP contribution in [0.4, 0.5) is 0 Å². The molecule has 1 aromatic rings. The Hall–Kier alpha value is -1.75. The van der Waals surface area contributed by atoms with Crippen molar-refractivity contribution in [3.8, 4) is 0 Å². The van der Waals surface area contributed by atoms with Crippen LogP contribution in [0.15, 0.2) is 24.3 Å². The molecule has 0 bridgehead atoms. The molecule has 1 aromatic carbocycles. The van der Waals surface area contributed by atoms with Gasteiger partial charge in [0.1, 0.15) is 0 Å². The highest BCUT2D eigenvalue weighted by atomic mass is 32.1. The molecule has 0 aromatic heterocycles. The molecule has 4 nitrogen and oxygen atoms in total. The number of thiocarbonyl (C=S) groups is 1. The second-order valence-electron chi connectivity index (χ2n) is 5.39. The van der Waals surface area contributed by atoms with E-state index in [9.17, 15) is 9.59 Å². The van der Waals surface area contributed by atoms with Crippen molar-refractivity contribution < 1.29 is 9.59 Å². The van der Waals surface area contributed by atoms with Gasteiger partial charge in [0.15, 0.2) is 0 Å². The van der Waals surface area contributed by atoms with Crippen molar-refractivity contribution in [1.29, 1.82) is 0 Å². The first-order valence-corrected chi connectivity index (χ1v) is 6.67. The first-order valence-electron chi connectivity index (χ1n) is 6.26. The fraction of sp³-hybridized carbons (Fsp3) is 0.357. The fourth-order valence-electron chi connectivity index (χ4n) is 2.66. The number of rotatable bonds is 4. The highest BCUT2D eigenvalue weighted by Gasteiger charge is 2.48. The van der Waals surface area contributed by atoms with Crippen LogP contribution < -0.4 is 5.73 Å². The van der Waals surface area contributed by atoms with Crippen LogP contribution in [-0.2, 0) is 0 Å². The number of carbonyl (C=O) groups excluding carboxylic acids is 2. The van der Waals surface area contributed by atoms with Crippen molar-refractivity contribution in [2.24, 2.45) is 11.1 Å². The zero-order chi connectivity index (χ0) is 13.6. The van der Waals surface area contributed by atoms with Gasteiger partial charge >= 0.3 is 0 Å². The third kappa shape index (κ3) is 2.04. The van der Waals surface area contributed by atoms with Gasteiger partial charge in [-0.05, 0) is 30.4 Å². The number of nitrogens with zero attached hydrogens (tertiary/aromatic N) is 1. The number of imide groups is 1. The number of nitrogens with two attached hydrogens (primary N) is 1. The summed E-state index contributed by atoms with van der Waals surface area (Å²) in [7, 11) is 0. The van der Waals surface area contributed by atoms with Crippen LogP contribution in [0.1, 0.15) is 40.0 Å². The van der Waals surface area contributed by atoms with Crippen LogP contribution in [0.2, 0.25) is 0 Å². The summed E-state index contributed by atoms with van der Waals surface area (Å²) in [6, 6.07) is 6.94. The van der Waals surface area contributed by atoms with Crippen LogP contribution >= 0.6 is 12.2 Å². The minimum absolute atomic E-state index is 0.0702. The van der Waals surface area contributed by atoms with Crippen LogP contribution in [0.25, 0.3) is 0 Å². The molecule has 98 valence electrons. The van der Waals surface area contributed by atoms with E-state index in [1.54, 1.807) is 24.3 Å². The standard InChI is InChI=1S/C14H14N2O2S/c15-11(19)7-14(5-6-14)8-16-12(17)9-3-1-2-4-10(9)13(16)18/h1-4H,5-8H2,(H2,15,19). The molecule has 5 heteroatoms. The second kappa shape index (κ2) is 4.13. The lowest BCUT2D eigenvalue weighted by Crippen LogP contribution is -2.36. The molecule has 0 radical (unpaired) electrons. The van der Waals surface area contributed by atoms with Gasteiger partial charge in [-0.25, -0.2) is 0 Å². The summed E-state index contributed by atoms with van der Waals surface area (Å²) < 4.78 is 0. The van der Waals surface area contributed by atoms with Crippen molar-refractivity contribution in [2.75, 3.05) is 6.54 Å². The highest BCUT2D eigenvalue weighted by molar-refractivity contribution is 7.80. The first kappa shape index (κ1) is 12.3. The van der Waals surface area contributed by atoms with Crippen LogP contribution in [0.5, 0.6) is 0 Å². The molecule has 1 aliphatic carbocycles. The molecule has 0 saturated heterocycles. The number of hydrogen-bond donors (Lipinski definition) is 1. The van der Waals surface area contributed by atoms with Crippen LogP contribution in [0.3, 0.4) is 0 Å². The lowest BCUT2D eigenvalue weighted by atomic mass is 10.0. The zero-order valence-electron chi connectivity index (χ0n) is 10.4. The van der Waals surface area contributed by atoms with E-state index in [2.05, 4.69) is 0 Å². The molecular formula is C14H14N2O2S. The molecular weight excluding hydrogens is 260 g/mol. The minimum Gasteiger partial charge on any atom is -0.393 e. The number of carbonyl (C=O) groups is 2. The predicted molar refractivity (Wildman–Crippen MR) is 74.9 cm³/mol. The smallest absolute Gasteiger partial charge is 0.261 e. The largest absolute Gasteiger partial charge is 0.393 e. The van der Waals surface area contributed by atoms with E-state index in [1.165, 1.54) is 4.90 Å². The lowest BCUT2D eigenvalue weighted by Gasteiger charge is -2.21. The number of benzene rings is 1. The summed E-state index contributed by atoms with van der Waals surface area (Å²) in [5.74, 6) is -0.398. The quantitative estimate of drug-likeness (QED) is 0.671. The van der Waals surface area contributed by atoms with E-state index in [0.29, 0.717) is 29.1 Å². The molecule has 2 aliphatic rings. The summed E-state index contributed by atoms with van der Waals surface area (Å²) in [6.07, 6.45) is 2.55. The summed E-state index contributed by atoms with van der Waals surface area (Å²) >= 11 is 4.94. The Morgan fingerprint density at radius 3 is 2.16 bits per heavy atom. The Bertz CT molecular complexity index is 558. The maximum atomic E-state index is 12.2. The minimum atomic E-state index is -0.199. The molecule has 0 atom stereocenters. The molecule has 2 amide bonds. The third-order valence-electron chi connectivity index (χ3n) is 3.88. The Balaban J connectivity index is 1.83. The van der Waals surface area contributed by atoms with Gasteiger partial charge in [0, 0.05) is 13.0 Å². The summed E-state index contributed by atoms with van der Waals surface area (Å²) in [6.45, 7) is 0.427. The van der Waals surface area contributed by atoms with Gasteiger partial charge in [-0.2, -0.15) is 0 Å².